The first-order chi connectivity index (χ1) is 15.5. The summed E-state index contributed by atoms with van der Waals surface area (Å²) in [4.78, 5) is 26.9. The van der Waals surface area contributed by atoms with E-state index in [9.17, 15) is 4.79 Å². The zero-order chi connectivity index (χ0) is 22.5. The second kappa shape index (κ2) is 9.78. The van der Waals surface area contributed by atoms with Gasteiger partial charge in [0.15, 0.2) is 5.65 Å². The summed E-state index contributed by atoms with van der Waals surface area (Å²) in [5, 5.41) is 7.19. The number of aryl methyl sites for hydroxylation is 2. The Hall–Kier alpha value is -3.45. The van der Waals surface area contributed by atoms with E-state index in [4.69, 9.17) is 0 Å². The topological polar surface area (TPSA) is 79.8 Å². The third kappa shape index (κ3) is 5.23. The Labute approximate surface area is 191 Å². The normalized spacial score (nSPS) is 10.8. The molecule has 2 heterocycles. The average Bonchev–Trinajstić information content (AvgIpc) is 2.77. The minimum atomic E-state index is -0.0798. The smallest absolute Gasteiger partial charge is 0.221 e. The molecular formula is C25H25N5OS. The van der Waals surface area contributed by atoms with E-state index in [1.165, 1.54) is 6.92 Å². The minimum absolute atomic E-state index is 0.0798. The van der Waals surface area contributed by atoms with Gasteiger partial charge in [-0.1, -0.05) is 31.2 Å². The van der Waals surface area contributed by atoms with E-state index in [0.717, 1.165) is 56.5 Å². The van der Waals surface area contributed by atoms with Crippen LogP contribution in [0.4, 0.5) is 17.2 Å². The predicted molar refractivity (Wildman–Crippen MR) is 131 cm³/mol. The Morgan fingerprint density at radius 3 is 2.59 bits per heavy atom. The molecule has 6 nitrogen and oxygen atoms in total. The molecule has 1 amide bonds. The number of nitrogens with zero attached hydrogens (tertiary/aromatic N) is 3. The Morgan fingerprint density at radius 1 is 1.03 bits per heavy atom. The minimum Gasteiger partial charge on any atom is -0.339 e. The average molecular weight is 444 g/mol. The van der Waals surface area contributed by atoms with Crippen LogP contribution in [-0.2, 0) is 11.2 Å². The fourth-order valence-electron chi connectivity index (χ4n) is 3.37. The van der Waals surface area contributed by atoms with Gasteiger partial charge >= 0.3 is 0 Å². The highest BCUT2D eigenvalue weighted by atomic mass is 32.2. The first-order valence-corrected chi connectivity index (χ1v) is 11.4. The van der Waals surface area contributed by atoms with Crippen LogP contribution in [0.3, 0.4) is 0 Å². The second-order valence-electron chi connectivity index (χ2n) is 7.58. The molecule has 0 saturated heterocycles. The molecule has 0 bridgehead atoms. The summed E-state index contributed by atoms with van der Waals surface area (Å²) < 4.78 is 0. The Balaban J connectivity index is 1.62. The van der Waals surface area contributed by atoms with Crippen LogP contribution in [-0.4, -0.2) is 20.9 Å². The monoisotopic (exact) mass is 443 g/mol. The number of pyridine rings is 1. The molecule has 0 aliphatic heterocycles. The summed E-state index contributed by atoms with van der Waals surface area (Å²) in [5.74, 6) is 0.655. The van der Waals surface area contributed by atoms with E-state index < -0.39 is 0 Å². The van der Waals surface area contributed by atoms with E-state index in [1.54, 1.807) is 18.1 Å². The summed E-state index contributed by atoms with van der Waals surface area (Å²) in [6, 6.07) is 18.2. The van der Waals surface area contributed by atoms with Gasteiger partial charge in [-0.25, -0.2) is 15.0 Å². The highest BCUT2D eigenvalue weighted by Gasteiger charge is 2.11. The highest BCUT2D eigenvalue weighted by Crippen LogP contribution is 2.36. The van der Waals surface area contributed by atoms with Crippen LogP contribution in [0.1, 0.15) is 31.5 Å². The number of hydrogen-bond acceptors (Lipinski definition) is 6. The SMILES string of the molecule is CCCc1ccc2c(Nc3cc(C)ccc3Sc3ccc(NC(C)=O)cc3)ncnc2n1. The number of carbonyl (C=O) groups is 1. The lowest BCUT2D eigenvalue weighted by molar-refractivity contribution is -0.114. The number of aromatic nitrogens is 3. The molecule has 4 rings (SSSR count). The predicted octanol–water partition coefficient (Wildman–Crippen LogP) is 6.14. The number of benzene rings is 2. The second-order valence-corrected chi connectivity index (χ2v) is 8.69. The van der Waals surface area contributed by atoms with Crippen molar-refractivity contribution < 1.29 is 4.79 Å². The first-order valence-electron chi connectivity index (χ1n) is 10.6. The van der Waals surface area contributed by atoms with E-state index in [2.05, 4.69) is 57.6 Å². The Kier molecular flexibility index (Phi) is 6.66. The van der Waals surface area contributed by atoms with Gasteiger partial charge in [-0.15, -0.1) is 0 Å². The van der Waals surface area contributed by atoms with Crippen molar-refractivity contribution in [3.05, 3.63) is 72.2 Å². The number of carbonyl (C=O) groups excluding carboxylic acids is 1. The molecule has 0 spiro atoms. The van der Waals surface area contributed by atoms with Crippen molar-refractivity contribution in [3.8, 4) is 0 Å². The fourth-order valence-corrected chi connectivity index (χ4v) is 4.25. The number of anilines is 3. The summed E-state index contributed by atoms with van der Waals surface area (Å²) in [7, 11) is 0. The van der Waals surface area contributed by atoms with Gasteiger partial charge in [0.05, 0.1) is 11.1 Å². The van der Waals surface area contributed by atoms with Crippen molar-refractivity contribution in [2.24, 2.45) is 0 Å². The van der Waals surface area contributed by atoms with Crippen molar-refractivity contribution in [3.63, 3.8) is 0 Å². The Morgan fingerprint density at radius 2 is 1.84 bits per heavy atom. The van der Waals surface area contributed by atoms with Gasteiger partial charge in [0.1, 0.15) is 12.1 Å². The lowest BCUT2D eigenvalue weighted by Gasteiger charge is -2.14. The van der Waals surface area contributed by atoms with Crippen LogP contribution in [0.25, 0.3) is 11.0 Å². The third-order valence-electron chi connectivity index (χ3n) is 4.85. The van der Waals surface area contributed by atoms with Crippen molar-refractivity contribution in [2.45, 2.75) is 43.4 Å². The molecule has 0 aliphatic rings. The van der Waals surface area contributed by atoms with Crippen LogP contribution in [0.2, 0.25) is 0 Å². The van der Waals surface area contributed by atoms with Crippen molar-refractivity contribution >= 4 is 45.9 Å². The summed E-state index contributed by atoms with van der Waals surface area (Å²) in [6.45, 7) is 5.71. The van der Waals surface area contributed by atoms with Gasteiger partial charge in [0.2, 0.25) is 5.91 Å². The molecule has 2 N–H and O–H groups in total. The van der Waals surface area contributed by atoms with E-state index in [-0.39, 0.29) is 5.91 Å². The maximum Gasteiger partial charge on any atom is 0.221 e. The summed E-state index contributed by atoms with van der Waals surface area (Å²) in [5.41, 5.74) is 4.65. The van der Waals surface area contributed by atoms with Crippen LogP contribution >= 0.6 is 11.8 Å². The first kappa shape index (κ1) is 21.8. The van der Waals surface area contributed by atoms with Gasteiger partial charge in [0.25, 0.3) is 0 Å². The summed E-state index contributed by atoms with van der Waals surface area (Å²) in [6.07, 6.45) is 3.53. The van der Waals surface area contributed by atoms with Crippen molar-refractivity contribution in [2.75, 3.05) is 10.6 Å². The quantitative estimate of drug-likeness (QED) is 0.357. The molecule has 0 saturated carbocycles. The molecule has 2 aromatic carbocycles. The third-order valence-corrected chi connectivity index (χ3v) is 5.94. The molecule has 0 aliphatic carbocycles. The molecule has 0 radical (unpaired) electrons. The van der Waals surface area contributed by atoms with Crippen LogP contribution in [0.5, 0.6) is 0 Å². The standard InChI is InChI=1S/C25H25N5OS/c1-4-5-18-9-12-21-24(29-18)26-15-27-25(21)30-22-14-16(2)6-13-23(22)32-20-10-7-19(8-11-20)28-17(3)31/h6-15H,4-5H2,1-3H3,(H,28,31)(H,26,27,29,30). The van der Waals surface area contributed by atoms with E-state index >= 15 is 0 Å². The molecule has 2 aromatic heterocycles. The van der Waals surface area contributed by atoms with Gasteiger partial charge < -0.3 is 10.6 Å². The number of hydrogen-bond donors (Lipinski definition) is 2. The highest BCUT2D eigenvalue weighted by molar-refractivity contribution is 7.99. The van der Waals surface area contributed by atoms with Gasteiger partial charge in [-0.05, 0) is 67.4 Å². The van der Waals surface area contributed by atoms with Crippen molar-refractivity contribution in [1.29, 1.82) is 0 Å². The number of rotatable bonds is 7. The maximum absolute atomic E-state index is 11.2. The van der Waals surface area contributed by atoms with E-state index in [0.29, 0.717) is 5.65 Å². The van der Waals surface area contributed by atoms with Gasteiger partial charge in [-0.2, -0.15) is 0 Å². The van der Waals surface area contributed by atoms with Crippen molar-refractivity contribution in [1.82, 2.24) is 15.0 Å². The Bertz CT molecular complexity index is 1260. The zero-order valence-electron chi connectivity index (χ0n) is 18.3. The van der Waals surface area contributed by atoms with E-state index in [1.807, 2.05) is 36.4 Å². The number of nitrogens with one attached hydrogen (secondary N) is 2. The van der Waals surface area contributed by atoms with Gasteiger partial charge in [-0.3, -0.25) is 4.79 Å². The molecule has 32 heavy (non-hydrogen) atoms. The van der Waals surface area contributed by atoms with Crippen LogP contribution in [0.15, 0.2) is 70.7 Å². The van der Waals surface area contributed by atoms with Crippen LogP contribution < -0.4 is 10.6 Å². The molecule has 0 fully saturated rings. The number of amides is 1. The fraction of sp³-hybridized carbons (Fsp3) is 0.200. The molecular weight excluding hydrogens is 418 g/mol. The molecule has 0 atom stereocenters. The molecule has 0 unspecified atom stereocenters. The lowest BCUT2D eigenvalue weighted by atomic mass is 10.2. The van der Waals surface area contributed by atoms with Crippen LogP contribution in [0, 0.1) is 6.92 Å². The molecule has 162 valence electrons. The molecule has 4 aromatic rings. The maximum atomic E-state index is 11.2. The molecule has 7 heteroatoms. The number of fused-ring (bicyclic) bond motifs is 1. The summed E-state index contributed by atoms with van der Waals surface area (Å²) >= 11 is 1.65. The zero-order valence-corrected chi connectivity index (χ0v) is 19.2. The largest absolute Gasteiger partial charge is 0.339 e. The van der Waals surface area contributed by atoms with Gasteiger partial charge in [0, 0.05) is 28.1 Å². The lowest BCUT2D eigenvalue weighted by Crippen LogP contribution is -2.05.